The smallest absolute Gasteiger partial charge is 0.251 e. The minimum Gasteiger partial charge on any atom is -0.350 e. The molecule has 0 heterocycles. The van der Waals surface area contributed by atoms with E-state index in [0.717, 1.165) is 5.56 Å². The van der Waals surface area contributed by atoms with Crippen LogP contribution in [0.3, 0.4) is 0 Å². The number of nitrogens with one attached hydrogen (secondary N) is 1. The molecule has 0 bridgehead atoms. The summed E-state index contributed by atoms with van der Waals surface area (Å²) in [4.78, 5) is 14.6. The predicted octanol–water partition coefficient (Wildman–Crippen LogP) is 2.89. The van der Waals surface area contributed by atoms with E-state index in [1.165, 1.54) is 28.6 Å². The molecule has 2 aromatic carbocycles. The van der Waals surface area contributed by atoms with Crippen LogP contribution in [0.4, 0.5) is 4.39 Å². The van der Waals surface area contributed by atoms with E-state index in [2.05, 4.69) is 5.32 Å². The van der Waals surface area contributed by atoms with Crippen LogP contribution in [0.5, 0.6) is 0 Å². The lowest BCUT2D eigenvalue weighted by Crippen LogP contribution is -2.35. The summed E-state index contributed by atoms with van der Waals surface area (Å²) >= 11 is 0. The van der Waals surface area contributed by atoms with E-state index in [4.69, 9.17) is 0 Å². The molecule has 1 unspecified atom stereocenters. The molecule has 0 aliphatic carbocycles. The molecule has 2 rings (SSSR count). The molecule has 2 aromatic rings. The molecule has 8 heteroatoms. The largest absolute Gasteiger partial charge is 0.350 e. The van der Waals surface area contributed by atoms with Crippen LogP contribution in [-0.2, 0) is 10.0 Å². The van der Waals surface area contributed by atoms with Gasteiger partial charge in [-0.15, -0.1) is 0 Å². The normalized spacial score (nSPS) is 12.9. The van der Waals surface area contributed by atoms with Crippen molar-refractivity contribution >= 4 is 15.9 Å². The summed E-state index contributed by atoms with van der Waals surface area (Å²) < 4.78 is 40.3. The first-order chi connectivity index (χ1) is 13.7. The molecule has 158 valence electrons. The van der Waals surface area contributed by atoms with E-state index in [9.17, 15) is 17.6 Å². The van der Waals surface area contributed by atoms with Crippen molar-refractivity contribution in [3.63, 3.8) is 0 Å². The number of rotatable bonds is 9. The average molecular weight is 422 g/mol. The van der Waals surface area contributed by atoms with Gasteiger partial charge in [0.1, 0.15) is 5.82 Å². The second kappa shape index (κ2) is 9.96. The maximum atomic E-state index is 13.6. The van der Waals surface area contributed by atoms with Crippen LogP contribution in [0.1, 0.15) is 35.8 Å². The standard InChI is InChI=1S/C21H28FN3O3S/c1-5-25(6-2)29(27,28)19-12-8-10-17(14-19)21(26)23-15-20(24(3)4)16-9-7-11-18(22)13-16/h7-14,20H,5-6,15H2,1-4H3,(H,23,26). The third-order valence-electron chi connectivity index (χ3n) is 4.75. The van der Waals surface area contributed by atoms with Crippen molar-refractivity contribution in [2.24, 2.45) is 0 Å². The molecule has 6 nitrogen and oxygen atoms in total. The fourth-order valence-electron chi connectivity index (χ4n) is 3.11. The Hall–Kier alpha value is -2.29. The van der Waals surface area contributed by atoms with Crippen LogP contribution in [0, 0.1) is 5.82 Å². The molecule has 29 heavy (non-hydrogen) atoms. The minimum absolute atomic E-state index is 0.0862. The van der Waals surface area contributed by atoms with Crippen LogP contribution in [0.2, 0.25) is 0 Å². The summed E-state index contributed by atoms with van der Waals surface area (Å²) in [7, 11) is 0.0462. The zero-order valence-corrected chi connectivity index (χ0v) is 18.0. The Morgan fingerprint density at radius 2 is 1.72 bits per heavy atom. The van der Waals surface area contributed by atoms with E-state index in [0.29, 0.717) is 13.1 Å². The van der Waals surface area contributed by atoms with Crippen molar-refractivity contribution in [3.05, 3.63) is 65.5 Å². The molecule has 1 N–H and O–H groups in total. The molecule has 0 fully saturated rings. The molecule has 0 aliphatic heterocycles. The predicted molar refractivity (Wildman–Crippen MR) is 112 cm³/mol. The molecule has 1 amide bonds. The maximum absolute atomic E-state index is 13.6. The zero-order chi connectivity index (χ0) is 21.6. The Balaban J connectivity index is 2.18. The molecule has 0 aliphatic rings. The van der Waals surface area contributed by atoms with Gasteiger partial charge < -0.3 is 10.2 Å². The highest BCUT2D eigenvalue weighted by molar-refractivity contribution is 7.89. The fourth-order valence-corrected chi connectivity index (χ4v) is 4.62. The molecular weight excluding hydrogens is 393 g/mol. The molecule has 0 spiro atoms. The highest BCUT2D eigenvalue weighted by Crippen LogP contribution is 2.20. The Morgan fingerprint density at radius 1 is 1.07 bits per heavy atom. The Morgan fingerprint density at radius 3 is 2.31 bits per heavy atom. The van der Waals surface area contributed by atoms with Crippen molar-refractivity contribution in [1.82, 2.24) is 14.5 Å². The van der Waals surface area contributed by atoms with Gasteiger partial charge in [0, 0.05) is 25.2 Å². The van der Waals surface area contributed by atoms with Crippen molar-refractivity contribution in [2.75, 3.05) is 33.7 Å². The number of benzene rings is 2. The monoisotopic (exact) mass is 421 g/mol. The quantitative estimate of drug-likeness (QED) is 0.676. The van der Waals surface area contributed by atoms with Gasteiger partial charge >= 0.3 is 0 Å². The Bertz CT molecular complexity index is 944. The third-order valence-corrected chi connectivity index (χ3v) is 6.80. The lowest BCUT2D eigenvalue weighted by Gasteiger charge is -2.25. The van der Waals surface area contributed by atoms with Crippen LogP contribution in [-0.4, -0.2) is 57.3 Å². The topological polar surface area (TPSA) is 69.7 Å². The van der Waals surface area contributed by atoms with E-state index >= 15 is 0 Å². The number of halogens is 1. The van der Waals surface area contributed by atoms with Crippen LogP contribution >= 0.6 is 0 Å². The first-order valence-corrected chi connectivity index (χ1v) is 10.9. The summed E-state index contributed by atoms with van der Waals surface area (Å²) in [5.41, 5.74) is 1.00. The summed E-state index contributed by atoms with van der Waals surface area (Å²) in [5.74, 6) is -0.722. The van der Waals surface area contributed by atoms with Crippen molar-refractivity contribution in [3.8, 4) is 0 Å². The molecule has 0 saturated carbocycles. The van der Waals surface area contributed by atoms with Gasteiger partial charge in [0.05, 0.1) is 10.9 Å². The second-order valence-corrected chi connectivity index (χ2v) is 8.80. The van der Waals surface area contributed by atoms with Crippen molar-refractivity contribution in [2.45, 2.75) is 24.8 Å². The van der Waals surface area contributed by atoms with Gasteiger partial charge in [-0.3, -0.25) is 4.79 Å². The molecule has 0 radical (unpaired) electrons. The van der Waals surface area contributed by atoms with E-state index in [1.54, 1.807) is 38.1 Å². The van der Waals surface area contributed by atoms with Crippen molar-refractivity contribution < 1.29 is 17.6 Å². The first-order valence-electron chi connectivity index (χ1n) is 9.51. The van der Waals surface area contributed by atoms with Crippen molar-refractivity contribution in [1.29, 1.82) is 0 Å². The average Bonchev–Trinajstić information content (AvgIpc) is 2.68. The number of carbonyl (C=O) groups excluding carboxylic acids is 1. The number of sulfonamides is 1. The van der Waals surface area contributed by atoms with Gasteiger partial charge in [-0.25, -0.2) is 12.8 Å². The second-order valence-electron chi connectivity index (χ2n) is 6.86. The lowest BCUT2D eigenvalue weighted by molar-refractivity contribution is 0.0941. The molecule has 1 atom stereocenters. The summed E-state index contributed by atoms with van der Waals surface area (Å²) in [5, 5.41) is 2.82. The minimum atomic E-state index is -3.65. The Kier molecular flexibility index (Phi) is 7.89. The SMILES string of the molecule is CCN(CC)S(=O)(=O)c1cccc(C(=O)NCC(c2cccc(F)c2)N(C)C)c1. The van der Waals surface area contributed by atoms with Crippen LogP contribution in [0.25, 0.3) is 0 Å². The zero-order valence-electron chi connectivity index (χ0n) is 17.2. The number of hydrogen-bond acceptors (Lipinski definition) is 4. The third kappa shape index (κ3) is 5.62. The first kappa shape index (κ1) is 23.0. The maximum Gasteiger partial charge on any atom is 0.251 e. The number of amides is 1. The summed E-state index contributed by atoms with van der Waals surface area (Å²) in [6.45, 7) is 4.50. The van der Waals surface area contributed by atoms with Gasteiger partial charge in [0.25, 0.3) is 5.91 Å². The molecular formula is C21H28FN3O3S. The van der Waals surface area contributed by atoms with E-state index in [-0.39, 0.29) is 34.8 Å². The van der Waals surface area contributed by atoms with Crippen LogP contribution < -0.4 is 5.32 Å². The number of carbonyl (C=O) groups is 1. The number of likely N-dealkylation sites (N-methyl/N-ethyl adjacent to an activating group) is 1. The van der Waals surface area contributed by atoms with Gasteiger partial charge in [0.15, 0.2) is 0 Å². The van der Waals surface area contributed by atoms with Gasteiger partial charge in [-0.05, 0) is 50.0 Å². The summed E-state index contributed by atoms with van der Waals surface area (Å²) in [6, 6.07) is 12.0. The Labute approximate surface area is 172 Å². The number of nitrogens with zero attached hydrogens (tertiary/aromatic N) is 2. The van der Waals surface area contributed by atoms with E-state index < -0.39 is 10.0 Å². The highest BCUT2D eigenvalue weighted by atomic mass is 32.2. The molecule has 0 aromatic heterocycles. The van der Waals surface area contributed by atoms with Gasteiger partial charge in [0.2, 0.25) is 10.0 Å². The van der Waals surface area contributed by atoms with E-state index in [1.807, 2.05) is 19.0 Å². The lowest BCUT2D eigenvalue weighted by atomic mass is 10.1. The summed E-state index contributed by atoms with van der Waals surface area (Å²) in [6.07, 6.45) is 0. The fraction of sp³-hybridized carbons (Fsp3) is 0.381. The van der Waals surface area contributed by atoms with Crippen LogP contribution in [0.15, 0.2) is 53.4 Å². The number of hydrogen-bond donors (Lipinski definition) is 1. The van der Waals surface area contributed by atoms with Gasteiger partial charge in [-0.2, -0.15) is 4.31 Å². The van der Waals surface area contributed by atoms with Gasteiger partial charge in [-0.1, -0.05) is 32.0 Å². The highest BCUT2D eigenvalue weighted by Gasteiger charge is 2.23. The molecule has 0 saturated heterocycles.